The van der Waals surface area contributed by atoms with Gasteiger partial charge in [0.05, 0.1) is 0 Å². The topological polar surface area (TPSA) is 69.6 Å². The molecule has 0 aliphatic carbocycles. The lowest BCUT2D eigenvalue weighted by Gasteiger charge is -2.39. The van der Waals surface area contributed by atoms with Gasteiger partial charge in [0.25, 0.3) is 0 Å². The molecule has 5 heteroatoms. The van der Waals surface area contributed by atoms with Gasteiger partial charge in [-0.25, -0.2) is 4.79 Å². The lowest BCUT2D eigenvalue weighted by Crippen LogP contribution is -2.54. The predicted octanol–water partition coefficient (Wildman–Crippen LogP) is 1.43. The number of likely N-dealkylation sites (tertiary alicyclic amines) is 1. The van der Waals surface area contributed by atoms with Crippen molar-refractivity contribution < 1.29 is 14.7 Å². The minimum absolute atomic E-state index is 0.185. The fourth-order valence-corrected chi connectivity index (χ4v) is 2.14. The number of piperidine rings is 1. The first-order chi connectivity index (χ1) is 7.43. The summed E-state index contributed by atoms with van der Waals surface area (Å²) in [6.45, 7) is 5.47. The molecule has 1 aliphatic heterocycles. The van der Waals surface area contributed by atoms with Crippen LogP contribution in [0.4, 0.5) is 4.79 Å². The summed E-state index contributed by atoms with van der Waals surface area (Å²) in [5.41, 5.74) is 0. The number of carbonyl (C=O) groups is 2. The molecule has 0 unspecified atom stereocenters. The van der Waals surface area contributed by atoms with Gasteiger partial charge < -0.3 is 15.3 Å². The Labute approximate surface area is 95.8 Å². The van der Waals surface area contributed by atoms with Gasteiger partial charge in [0, 0.05) is 12.1 Å². The average Bonchev–Trinajstić information content (AvgIpc) is 2.16. The number of aliphatic carboxylic acids is 1. The lowest BCUT2D eigenvalue weighted by molar-refractivity contribution is -0.138. The highest BCUT2D eigenvalue weighted by atomic mass is 16.4. The standard InChI is InChI=1S/C11H20N2O3/c1-7-5-4-6-8(2)13(7)11(16)12-9(3)10(14)15/h7-9H,4-6H2,1-3H3,(H,12,16)(H,14,15)/t7-,8+,9-/m1/s1. The van der Waals surface area contributed by atoms with Crippen LogP contribution in [0, 0.1) is 0 Å². The van der Waals surface area contributed by atoms with Gasteiger partial charge in [-0.3, -0.25) is 4.79 Å². The van der Waals surface area contributed by atoms with Crippen molar-refractivity contribution in [1.82, 2.24) is 10.2 Å². The van der Waals surface area contributed by atoms with E-state index in [4.69, 9.17) is 5.11 Å². The van der Waals surface area contributed by atoms with E-state index in [0.717, 1.165) is 19.3 Å². The van der Waals surface area contributed by atoms with Crippen LogP contribution in [0.2, 0.25) is 0 Å². The number of urea groups is 1. The highest BCUT2D eigenvalue weighted by Crippen LogP contribution is 2.22. The van der Waals surface area contributed by atoms with Crippen molar-refractivity contribution in [3.05, 3.63) is 0 Å². The van der Waals surface area contributed by atoms with Crippen molar-refractivity contribution in [3.8, 4) is 0 Å². The van der Waals surface area contributed by atoms with Crippen LogP contribution < -0.4 is 5.32 Å². The van der Waals surface area contributed by atoms with Crippen molar-refractivity contribution in [2.24, 2.45) is 0 Å². The predicted molar refractivity (Wildman–Crippen MR) is 60.2 cm³/mol. The number of nitrogens with one attached hydrogen (secondary N) is 1. The molecule has 1 rings (SSSR count). The molecular formula is C11H20N2O3. The van der Waals surface area contributed by atoms with E-state index in [1.165, 1.54) is 6.92 Å². The smallest absolute Gasteiger partial charge is 0.325 e. The Kier molecular flexibility index (Phi) is 4.15. The molecule has 1 aliphatic rings. The van der Waals surface area contributed by atoms with Crippen molar-refractivity contribution in [1.29, 1.82) is 0 Å². The first-order valence-corrected chi connectivity index (χ1v) is 5.75. The molecule has 1 saturated heterocycles. The molecule has 5 nitrogen and oxygen atoms in total. The zero-order valence-electron chi connectivity index (χ0n) is 10.1. The van der Waals surface area contributed by atoms with Crippen molar-refractivity contribution in [3.63, 3.8) is 0 Å². The van der Waals surface area contributed by atoms with Crippen molar-refractivity contribution >= 4 is 12.0 Å². The molecule has 0 aromatic rings. The maximum absolute atomic E-state index is 11.9. The van der Waals surface area contributed by atoms with E-state index in [-0.39, 0.29) is 18.1 Å². The van der Waals surface area contributed by atoms with Gasteiger partial charge in [0.2, 0.25) is 0 Å². The van der Waals surface area contributed by atoms with E-state index in [9.17, 15) is 9.59 Å². The minimum Gasteiger partial charge on any atom is -0.480 e. The van der Waals surface area contributed by atoms with Gasteiger partial charge in [-0.2, -0.15) is 0 Å². The largest absolute Gasteiger partial charge is 0.480 e. The van der Waals surface area contributed by atoms with Crippen LogP contribution in [0.15, 0.2) is 0 Å². The summed E-state index contributed by atoms with van der Waals surface area (Å²) in [4.78, 5) is 24.3. The number of carboxylic acid groups (broad SMARTS) is 1. The number of amides is 2. The Morgan fingerprint density at radius 2 is 1.81 bits per heavy atom. The molecule has 1 heterocycles. The SMILES string of the molecule is C[C@@H]1CCC[C@H](C)N1C(=O)N[C@H](C)C(=O)O. The highest BCUT2D eigenvalue weighted by Gasteiger charge is 2.30. The average molecular weight is 228 g/mol. The van der Waals surface area contributed by atoms with Gasteiger partial charge in [0.1, 0.15) is 6.04 Å². The number of carboxylic acids is 1. The lowest BCUT2D eigenvalue weighted by atomic mass is 9.98. The van der Waals surface area contributed by atoms with Crippen LogP contribution in [-0.4, -0.2) is 40.1 Å². The second kappa shape index (κ2) is 5.18. The molecule has 0 saturated carbocycles. The van der Waals surface area contributed by atoms with E-state index >= 15 is 0 Å². The van der Waals surface area contributed by atoms with Crippen LogP contribution in [0.25, 0.3) is 0 Å². The molecule has 0 bridgehead atoms. The van der Waals surface area contributed by atoms with E-state index in [0.29, 0.717) is 0 Å². The van der Waals surface area contributed by atoms with Gasteiger partial charge in [-0.05, 0) is 40.0 Å². The number of carbonyl (C=O) groups excluding carboxylic acids is 1. The second-order valence-corrected chi connectivity index (χ2v) is 4.55. The van der Waals surface area contributed by atoms with Crippen LogP contribution in [-0.2, 0) is 4.79 Å². The Morgan fingerprint density at radius 3 is 2.25 bits per heavy atom. The normalized spacial score (nSPS) is 27.3. The molecule has 16 heavy (non-hydrogen) atoms. The van der Waals surface area contributed by atoms with Gasteiger partial charge in [0.15, 0.2) is 0 Å². The van der Waals surface area contributed by atoms with E-state index in [1.54, 1.807) is 4.90 Å². The summed E-state index contributed by atoms with van der Waals surface area (Å²) in [5, 5.41) is 11.2. The zero-order valence-corrected chi connectivity index (χ0v) is 10.1. The molecular weight excluding hydrogens is 208 g/mol. The monoisotopic (exact) mass is 228 g/mol. The molecule has 0 radical (unpaired) electrons. The Balaban J connectivity index is 2.60. The maximum Gasteiger partial charge on any atom is 0.325 e. The summed E-state index contributed by atoms with van der Waals surface area (Å²) >= 11 is 0. The minimum atomic E-state index is -1.01. The summed E-state index contributed by atoms with van der Waals surface area (Å²) in [5.74, 6) is -1.01. The molecule has 0 aromatic carbocycles. The quantitative estimate of drug-likeness (QED) is 0.751. The highest BCUT2D eigenvalue weighted by molar-refractivity contribution is 5.82. The summed E-state index contributed by atoms with van der Waals surface area (Å²) < 4.78 is 0. The van der Waals surface area contributed by atoms with Crippen LogP contribution in [0.5, 0.6) is 0 Å². The van der Waals surface area contributed by atoms with E-state index in [1.807, 2.05) is 13.8 Å². The molecule has 2 amide bonds. The third kappa shape index (κ3) is 2.87. The molecule has 3 atom stereocenters. The second-order valence-electron chi connectivity index (χ2n) is 4.55. The van der Waals surface area contributed by atoms with E-state index in [2.05, 4.69) is 5.32 Å². The third-order valence-corrected chi connectivity index (χ3v) is 3.14. The Hall–Kier alpha value is -1.26. The summed E-state index contributed by atoms with van der Waals surface area (Å²) in [7, 11) is 0. The van der Waals surface area contributed by atoms with Gasteiger partial charge >= 0.3 is 12.0 Å². The number of rotatable bonds is 2. The van der Waals surface area contributed by atoms with Crippen LogP contribution >= 0.6 is 0 Å². The molecule has 92 valence electrons. The first-order valence-electron chi connectivity index (χ1n) is 5.75. The van der Waals surface area contributed by atoms with Crippen molar-refractivity contribution in [2.45, 2.75) is 58.2 Å². The Bertz CT molecular complexity index is 270. The zero-order chi connectivity index (χ0) is 12.3. The first kappa shape index (κ1) is 12.8. The summed E-state index contributed by atoms with van der Waals surface area (Å²) in [6.07, 6.45) is 3.10. The number of hydrogen-bond donors (Lipinski definition) is 2. The van der Waals surface area contributed by atoms with Crippen molar-refractivity contribution in [2.75, 3.05) is 0 Å². The van der Waals surface area contributed by atoms with Crippen LogP contribution in [0.3, 0.4) is 0 Å². The summed E-state index contributed by atoms with van der Waals surface area (Å²) in [6, 6.07) is -0.738. The van der Waals surface area contributed by atoms with Gasteiger partial charge in [-0.1, -0.05) is 0 Å². The molecule has 2 N–H and O–H groups in total. The van der Waals surface area contributed by atoms with E-state index < -0.39 is 12.0 Å². The molecule has 0 aromatic heterocycles. The maximum atomic E-state index is 11.9. The van der Waals surface area contributed by atoms with Gasteiger partial charge in [-0.15, -0.1) is 0 Å². The van der Waals surface area contributed by atoms with Crippen LogP contribution in [0.1, 0.15) is 40.0 Å². The Morgan fingerprint density at radius 1 is 1.31 bits per heavy atom. The number of nitrogens with zero attached hydrogens (tertiary/aromatic N) is 1. The third-order valence-electron chi connectivity index (χ3n) is 3.14. The fraction of sp³-hybridized carbons (Fsp3) is 0.818. The molecule has 1 fully saturated rings. The molecule has 0 spiro atoms. The fourth-order valence-electron chi connectivity index (χ4n) is 2.14. The number of hydrogen-bond acceptors (Lipinski definition) is 2.